The third-order valence-corrected chi connectivity index (χ3v) is 4.50. The number of hydrogen-bond donors (Lipinski definition) is 3. The van der Waals surface area contributed by atoms with Crippen molar-refractivity contribution in [2.45, 2.75) is 39.3 Å². The first-order chi connectivity index (χ1) is 12.8. The Morgan fingerprint density at radius 2 is 1.78 bits per heavy atom. The largest absolute Gasteiger partial charge is 0.496 e. The van der Waals surface area contributed by atoms with Crippen LogP contribution in [0.25, 0.3) is 0 Å². The minimum absolute atomic E-state index is 0.0895. The van der Waals surface area contributed by atoms with Gasteiger partial charge in [-0.1, -0.05) is 42.0 Å². The van der Waals surface area contributed by atoms with Crippen molar-refractivity contribution in [3.05, 3.63) is 64.7 Å². The maximum Gasteiger partial charge on any atom is 0.312 e. The zero-order valence-corrected chi connectivity index (χ0v) is 16.2. The first kappa shape index (κ1) is 20.3. The van der Waals surface area contributed by atoms with Crippen LogP contribution in [0.4, 0.5) is 4.79 Å². The lowest BCUT2D eigenvalue weighted by Crippen LogP contribution is -2.37. The Bertz CT molecular complexity index is 820. The number of nitrogens with one attached hydrogen (secondary N) is 2. The van der Waals surface area contributed by atoms with Gasteiger partial charge in [0.25, 0.3) is 0 Å². The number of aryl methyl sites for hydroxylation is 2. The Balaban J connectivity index is 2.15. The molecule has 0 saturated carbocycles. The predicted molar refractivity (Wildman–Crippen MR) is 106 cm³/mol. The Hall–Kier alpha value is -3.02. The monoisotopic (exact) mass is 369 g/mol. The number of nitrogens with two attached hydrogens (primary N) is 1. The highest BCUT2D eigenvalue weighted by molar-refractivity contribution is 5.79. The van der Waals surface area contributed by atoms with E-state index in [1.165, 1.54) is 0 Å². The van der Waals surface area contributed by atoms with Gasteiger partial charge < -0.3 is 21.1 Å². The van der Waals surface area contributed by atoms with Crippen LogP contribution in [0.2, 0.25) is 0 Å². The fraction of sp³-hybridized carbons (Fsp3) is 0.333. The molecule has 4 N–H and O–H groups in total. The topological polar surface area (TPSA) is 93.4 Å². The van der Waals surface area contributed by atoms with Crippen LogP contribution in [0.15, 0.2) is 42.5 Å². The van der Waals surface area contributed by atoms with Gasteiger partial charge in [0.15, 0.2) is 0 Å². The van der Waals surface area contributed by atoms with E-state index < -0.39 is 12.1 Å². The van der Waals surface area contributed by atoms with Crippen molar-refractivity contribution in [3.63, 3.8) is 0 Å². The molecule has 0 radical (unpaired) electrons. The number of carbonyl (C=O) groups excluding carboxylic acids is 2. The molecule has 3 amide bonds. The lowest BCUT2D eigenvalue weighted by Gasteiger charge is -2.22. The van der Waals surface area contributed by atoms with Crippen molar-refractivity contribution >= 4 is 11.9 Å². The van der Waals surface area contributed by atoms with E-state index in [0.29, 0.717) is 0 Å². The van der Waals surface area contributed by atoms with Gasteiger partial charge in [0, 0.05) is 5.56 Å². The van der Waals surface area contributed by atoms with E-state index in [1.807, 2.05) is 63.2 Å². The van der Waals surface area contributed by atoms with Crippen LogP contribution in [0.1, 0.15) is 47.7 Å². The molecule has 27 heavy (non-hydrogen) atoms. The number of ether oxygens (including phenoxy) is 1. The zero-order valence-electron chi connectivity index (χ0n) is 16.2. The van der Waals surface area contributed by atoms with E-state index in [-0.39, 0.29) is 18.4 Å². The second kappa shape index (κ2) is 9.07. The summed E-state index contributed by atoms with van der Waals surface area (Å²) in [4.78, 5) is 24.0. The first-order valence-corrected chi connectivity index (χ1v) is 8.87. The van der Waals surface area contributed by atoms with E-state index >= 15 is 0 Å². The lowest BCUT2D eigenvalue weighted by molar-refractivity contribution is -0.122. The van der Waals surface area contributed by atoms with E-state index in [9.17, 15) is 9.59 Å². The molecule has 0 saturated heterocycles. The SMILES string of the molecule is COc1ccc(C)cc1C(C)NC(=O)CC(NC(N)=O)c1ccccc1C. The van der Waals surface area contributed by atoms with Crippen LogP contribution in [-0.2, 0) is 4.79 Å². The Morgan fingerprint density at radius 3 is 2.41 bits per heavy atom. The molecule has 0 spiro atoms. The van der Waals surface area contributed by atoms with Crippen LogP contribution < -0.4 is 21.1 Å². The average molecular weight is 369 g/mol. The van der Waals surface area contributed by atoms with Crippen LogP contribution in [0.5, 0.6) is 5.75 Å². The molecule has 0 bridgehead atoms. The van der Waals surface area contributed by atoms with Crippen molar-refractivity contribution < 1.29 is 14.3 Å². The van der Waals surface area contributed by atoms with E-state index in [4.69, 9.17) is 10.5 Å². The summed E-state index contributed by atoms with van der Waals surface area (Å²) in [7, 11) is 1.60. The fourth-order valence-corrected chi connectivity index (χ4v) is 3.14. The molecule has 0 aliphatic heterocycles. The van der Waals surface area contributed by atoms with Crippen molar-refractivity contribution in [1.29, 1.82) is 0 Å². The molecule has 2 unspecified atom stereocenters. The van der Waals surface area contributed by atoms with Crippen molar-refractivity contribution in [3.8, 4) is 5.75 Å². The summed E-state index contributed by atoms with van der Waals surface area (Å²) in [6.45, 7) is 5.82. The van der Waals surface area contributed by atoms with Gasteiger partial charge in [-0.3, -0.25) is 4.79 Å². The average Bonchev–Trinajstić information content (AvgIpc) is 2.61. The van der Waals surface area contributed by atoms with Crippen molar-refractivity contribution in [2.24, 2.45) is 5.73 Å². The van der Waals surface area contributed by atoms with Gasteiger partial charge in [0.05, 0.1) is 25.6 Å². The van der Waals surface area contributed by atoms with Gasteiger partial charge in [-0.2, -0.15) is 0 Å². The van der Waals surface area contributed by atoms with Crippen LogP contribution in [0.3, 0.4) is 0 Å². The quantitative estimate of drug-likeness (QED) is 0.699. The third-order valence-electron chi connectivity index (χ3n) is 4.50. The molecule has 0 aromatic heterocycles. The summed E-state index contributed by atoms with van der Waals surface area (Å²) in [5.74, 6) is 0.534. The molecule has 0 heterocycles. The number of rotatable bonds is 7. The number of hydrogen-bond acceptors (Lipinski definition) is 3. The molecule has 144 valence electrons. The molecule has 6 nitrogen and oxygen atoms in total. The molecule has 0 aliphatic rings. The second-order valence-electron chi connectivity index (χ2n) is 6.66. The standard InChI is InChI=1S/C21H27N3O3/c1-13-9-10-19(27-4)17(11-13)15(3)23-20(25)12-18(24-21(22)26)16-8-6-5-7-14(16)2/h5-11,15,18H,12H2,1-4H3,(H,23,25)(H3,22,24,26). The fourth-order valence-electron chi connectivity index (χ4n) is 3.14. The van der Waals surface area contributed by atoms with Crippen LogP contribution in [-0.4, -0.2) is 19.0 Å². The van der Waals surface area contributed by atoms with Crippen LogP contribution in [0, 0.1) is 13.8 Å². The number of amides is 3. The summed E-state index contributed by atoms with van der Waals surface area (Å²) in [5.41, 5.74) is 9.14. The molecule has 2 rings (SSSR count). The summed E-state index contributed by atoms with van der Waals surface area (Å²) in [5, 5.41) is 5.65. The van der Waals surface area contributed by atoms with Gasteiger partial charge in [-0.15, -0.1) is 0 Å². The Labute approximate surface area is 160 Å². The first-order valence-electron chi connectivity index (χ1n) is 8.87. The molecule has 2 aromatic rings. The minimum atomic E-state index is -0.663. The number of benzene rings is 2. The Kier molecular flexibility index (Phi) is 6.82. The molecule has 0 fully saturated rings. The van der Waals surface area contributed by atoms with Crippen LogP contribution >= 0.6 is 0 Å². The Morgan fingerprint density at radius 1 is 1.07 bits per heavy atom. The minimum Gasteiger partial charge on any atom is -0.496 e. The molecule has 6 heteroatoms. The zero-order chi connectivity index (χ0) is 20.0. The third kappa shape index (κ3) is 5.48. The van der Waals surface area contributed by atoms with E-state index in [1.54, 1.807) is 7.11 Å². The van der Waals surface area contributed by atoms with Gasteiger partial charge in [-0.25, -0.2) is 4.79 Å². The maximum atomic E-state index is 12.6. The highest BCUT2D eigenvalue weighted by Gasteiger charge is 2.21. The molecular weight excluding hydrogens is 342 g/mol. The summed E-state index contributed by atoms with van der Waals surface area (Å²) in [6.07, 6.45) is 0.0895. The summed E-state index contributed by atoms with van der Waals surface area (Å²) >= 11 is 0. The van der Waals surface area contributed by atoms with Gasteiger partial charge in [-0.05, 0) is 38.0 Å². The van der Waals surface area contributed by atoms with Gasteiger partial charge in [0.2, 0.25) is 5.91 Å². The van der Waals surface area contributed by atoms with E-state index in [0.717, 1.165) is 28.0 Å². The summed E-state index contributed by atoms with van der Waals surface area (Å²) in [6, 6.07) is 12.0. The lowest BCUT2D eigenvalue weighted by atomic mass is 9.98. The highest BCUT2D eigenvalue weighted by atomic mass is 16.5. The number of primary amides is 1. The molecular formula is C21H27N3O3. The molecule has 2 atom stereocenters. The van der Waals surface area contributed by atoms with Gasteiger partial charge in [0.1, 0.15) is 5.75 Å². The predicted octanol–water partition coefficient (Wildman–Crippen LogP) is 3.29. The highest BCUT2D eigenvalue weighted by Crippen LogP contribution is 2.27. The second-order valence-corrected chi connectivity index (χ2v) is 6.66. The maximum absolute atomic E-state index is 12.6. The van der Waals surface area contributed by atoms with Crippen molar-refractivity contribution in [1.82, 2.24) is 10.6 Å². The number of urea groups is 1. The van der Waals surface area contributed by atoms with E-state index in [2.05, 4.69) is 10.6 Å². The van der Waals surface area contributed by atoms with Crippen molar-refractivity contribution in [2.75, 3.05) is 7.11 Å². The number of carbonyl (C=O) groups is 2. The molecule has 0 aliphatic carbocycles. The smallest absolute Gasteiger partial charge is 0.312 e. The van der Waals surface area contributed by atoms with Gasteiger partial charge >= 0.3 is 6.03 Å². The summed E-state index contributed by atoms with van der Waals surface area (Å²) < 4.78 is 5.40. The molecule has 2 aromatic carbocycles. The number of methoxy groups -OCH3 is 1. The normalized spacial score (nSPS) is 12.7.